The summed E-state index contributed by atoms with van der Waals surface area (Å²) >= 11 is 3.38. The van der Waals surface area contributed by atoms with Gasteiger partial charge in [-0.05, 0) is 60.1 Å². The first kappa shape index (κ1) is 12.8. The van der Waals surface area contributed by atoms with E-state index in [-0.39, 0.29) is 5.78 Å². The largest absolute Gasteiger partial charge is 0.399 e. The molecule has 0 amide bonds. The SMILES string of the molecule is Cc1cc(C)cc(C(=O)c2ccc(N)cc2Br)c1. The Bertz CT molecular complexity index is 600. The van der Waals surface area contributed by atoms with E-state index in [2.05, 4.69) is 22.0 Å². The Morgan fingerprint density at radius 1 is 1.06 bits per heavy atom. The highest BCUT2D eigenvalue weighted by molar-refractivity contribution is 9.10. The first-order valence-corrected chi connectivity index (χ1v) is 6.44. The van der Waals surface area contributed by atoms with Crippen LogP contribution >= 0.6 is 15.9 Å². The van der Waals surface area contributed by atoms with Crippen LogP contribution in [0.5, 0.6) is 0 Å². The van der Waals surface area contributed by atoms with Crippen molar-refractivity contribution in [1.29, 1.82) is 0 Å². The number of hydrogen-bond acceptors (Lipinski definition) is 2. The number of halogens is 1. The van der Waals surface area contributed by atoms with Crippen LogP contribution in [0, 0.1) is 13.8 Å². The molecule has 0 radical (unpaired) electrons. The van der Waals surface area contributed by atoms with Crippen molar-refractivity contribution in [3.63, 3.8) is 0 Å². The van der Waals surface area contributed by atoms with Gasteiger partial charge in [0.05, 0.1) is 0 Å². The molecule has 18 heavy (non-hydrogen) atoms. The molecule has 0 aliphatic heterocycles. The van der Waals surface area contributed by atoms with E-state index in [4.69, 9.17) is 5.73 Å². The standard InChI is InChI=1S/C15H14BrNO/c1-9-5-10(2)7-11(6-9)15(18)13-4-3-12(17)8-14(13)16/h3-8H,17H2,1-2H3. The van der Waals surface area contributed by atoms with Crippen molar-refractivity contribution in [2.45, 2.75) is 13.8 Å². The van der Waals surface area contributed by atoms with Crippen molar-refractivity contribution >= 4 is 27.4 Å². The van der Waals surface area contributed by atoms with Crippen molar-refractivity contribution in [2.24, 2.45) is 0 Å². The predicted octanol–water partition coefficient (Wildman–Crippen LogP) is 3.88. The first-order chi connectivity index (χ1) is 8.47. The van der Waals surface area contributed by atoms with E-state index >= 15 is 0 Å². The average Bonchev–Trinajstić information content (AvgIpc) is 2.26. The molecular weight excluding hydrogens is 290 g/mol. The third-order valence-corrected chi connectivity index (χ3v) is 3.38. The number of benzene rings is 2. The molecule has 92 valence electrons. The zero-order valence-corrected chi connectivity index (χ0v) is 11.9. The van der Waals surface area contributed by atoms with Gasteiger partial charge in [0, 0.05) is 21.3 Å². The Labute approximate surface area is 115 Å². The number of ketones is 1. The Balaban J connectivity index is 2.47. The molecular formula is C15H14BrNO. The van der Waals surface area contributed by atoms with Crippen molar-refractivity contribution in [1.82, 2.24) is 0 Å². The van der Waals surface area contributed by atoms with Crippen LogP contribution in [0.1, 0.15) is 27.0 Å². The zero-order valence-electron chi connectivity index (χ0n) is 10.3. The van der Waals surface area contributed by atoms with E-state index in [1.54, 1.807) is 18.2 Å². The second kappa shape index (κ2) is 4.94. The quantitative estimate of drug-likeness (QED) is 0.676. The maximum absolute atomic E-state index is 12.4. The number of carbonyl (C=O) groups is 1. The van der Waals surface area contributed by atoms with Crippen LogP contribution in [0.25, 0.3) is 0 Å². The van der Waals surface area contributed by atoms with E-state index in [1.807, 2.05) is 26.0 Å². The Morgan fingerprint density at radius 2 is 1.67 bits per heavy atom. The molecule has 2 N–H and O–H groups in total. The van der Waals surface area contributed by atoms with Crippen LogP contribution < -0.4 is 5.73 Å². The maximum atomic E-state index is 12.4. The molecule has 0 saturated heterocycles. The molecule has 0 aromatic heterocycles. The van der Waals surface area contributed by atoms with Crippen LogP contribution in [0.4, 0.5) is 5.69 Å². The summed E-state index contributed by atoms with van der Waals surface area (Å²) in [6.45, 7) is 3.98. The number of carbonyl (C=O) groups excluding carboxylic acids is 1. The van der Waals surface area contributed by atoms with E-state index in [0.29, 0.717) is 16.8 Å². The number of aryl methyl sites for hydroxylation is 2. The van der Waals surface area contributed by atoms with E-state index in [0.717, 1.165) is 15.6 Å². The number of nitrogens with two attached hydrogens (primary N) is 1. The number of nitrogen functional groups attached to an aromatic ring is 1. The molecule has 2 nitrogen and oxygen atoms in total. The van der Waals surface area contributed by atoms with Crippen LogP contribution in [-0.2, 0) is 0 Å². The summed E-state index contributed by atoms with van der Waals surface area (Å²) in [5.41, 5.74) is 9.83. The highest BCUT2D eigenvalue weighted by atomic mass is 79.9. The summed E-state index contributed by atoms with van der Waals surface area (Å²) in [5.74, 6) is 0.00803. The summed E-state index contributed by atoms with van der Waals surface area (Å²) in [5, 5.41) is 0. The lowest BCUT2D eigenvalue weighted by atomic mass is 9.99. The number of hydrogen-bond donors (Lipinski definition) is 1. The topological polar surface area (TPSA) is 43.1 Å². The van der Waals surface area contributed by atoms with Crippen molar-refractivity contribution in [3.8, 4) is 0 Å². The molecule has 0 aliphatic carbocycles. The normalized spacial score (nSPS) is 10.4. The highest BCUT2D eigenvalue weighted by Gasteiger charge is 2.13. The lowest BCUT2D eigenvalue weighted by Gasteiger charge is -2.07. The smallest absolute Gasteiger partial charge is 0.194 e. The third-order valence-electron chi connectivity index (χ3n) is 2.72. The second-order valence-electron chi connectivity index (χ2n) is 4.44. The lowest BCUT2D eigenvalue weighted by molar-refractivity contribution is 0.103. The highest BCUT2D eigenvalue weighted by Crippen LogP contribution is 2.23. The minimum Gasteiger partial charge on any atom is -0.399 e. The molecule has 0 spiro atoms. The van der Waals surface area contributed by atoms with Crippen molar-refractivity contribution in [2.75, 3.05) is 5.73 Å². The molecule has 2 aromatic rings. The predicted molar refractivity (Wildman–Crippen MR) is 77.9 cm³/mol. The Morgan fingerprint density at radius 3 is 2.22 bits per heavy atom. The lowest BCUT2D eigenvalue weighted by Crippen LogP contribution is -2.03. The minimum atomic E-state index is 0.00803. The van der Waals surface area contributed by atoms with Gasteiger partial charge in [-0.3, -0.25) is 4.79 Å². The van der Waals surface area contributed by atoms with Gasteiger partial charge in [-0.1, -0.05) is 17.2 Å². The maximum Gasteiger partial charge on any atom is 0.194 e. The van der Waals surface area contributed by atoms with Crippen LogP contribution in [0.3, 0.4) is 0 Å². The van der Waals surface area contributed by atoms with E-state index in [9.17, 15) is 4.79 Å². The second-order valence-corrected chi connectivity index (χ2v) is 5.30. The molecule has 0 atom stereocenters. The zero-order chi connectivity index (χ0) is 13.3. The van der Waals surface area contributed by atoms with Gasteiger partial charge in [-0.25, -0.2) is 0 Å². The summed E-state index contributed by atoms with van der Waals surface area (Å²) in [7, 11) is 0. The van der Waals surface area contributed by atoms with Gasteiger partial charge in [-0.2, -0.15) is 0 Å². The molecule has 0 saturated carbocycles. The van der Waals surface area contributed by atoms with E-state index < -0.39 is 0 Å². The van der Waals surface area contributed by atoms with Crippen LogP contribution in [-0.4, -0.2) is 5.78 Å². The van der Waals surface area contributed by atoms with Gasteiger partial charge in [-0.15, -0.1) is 0 Å². The van der Waals surface area contributed by atoms with Gasteiger partial charge < -0.3 is 5.73 Å². The van der Waals surface area contributed by atoms with E-state index in [1.165, 1.54) is 0 Å². The Hall–Kier alpha value is -1.61. The molecule has 0 aliphatic rings. The van der Waals surface area contributed by atoms with Gasteiger partial charge in [0.15, 0.2) is 5.78 Å². The Kier molecular flexibility index (Phi) is 3.53. The first-order valence-electron chi connectivity index (χ1n) is 5.65. The monoisotopic (exact) mass is 303 g/mol. The fraction of sp³-hybridized carbons (Fsp3) is 0.133. The van der Waals surface area contributed by atoms with Gasteiger partial charge in [0.1, 0.15) is 0 Å². The fourth-order valence-corrected chi connectivity index (χ4v) is 2.55. The van der Waals surface area contributed by atoms with Gasteiger partial charge >= 0.3 is 0 Å². The summed E-state index contributed by atoms with van der Waals surface area (Å²) < 4.78 is 0.728. The molecule has 0 bridgehead atoms. The minimum absolute atomic E-state index is 0.00803. The molecule has 0 unspecified atom stereocenters. The summed E-state index contributed by atoms with van der Waals surface area (Å²) in [4.78, 5) is 12.4. The van der Waals surface area contributed by atoms with Crippen LogP contribution in [0.15, 0.2) is 40.9 Å². The molecule has 2 aromatic carbocycles. The molecule has 0 fully saturated rings. The molecule has 2 rings (SSSR count). The summed E-state index contributed by atoms with van der Waals surface area (Å²) in [6, 6.07) is 11.1. The van der Waals surface area contributed by atoms with Crippen LogP contribution in [0.2, 0.25) is 0 Å². The van der Waals surface area contributed by atoms with Crippen molar-refractivity contribution in [3.05, 3.63) is 63.1 Å². The molecule has 0 heterocycles. The van der Waals surface area contributed by atoms with Gasteiger partial charge in [0.2, 0.25) is 0 Å². The third kappa shape index (κ3) is 2.62. The number of anilines is 1. The van der Waals surface area contributed by atoms with Gasteiger partial charge in [0.25, 0.3) is 0 Å². The average molecular weight is 304 g/mol. The number of rotatable bonds is 2. The van der Waals surface area contributed by atoms with Crippen molar-refractivity contribution < 1.29 is 4.79 Å². The fourth-order valence-electron chi connectivity index (χ4n) is 1.98. The molecule has 3 heteroatoms. The summed E-state index contributed by atoms with van der Waals surface area (Å²) in [6.07, 6.45) is 0.